The topological polar surface area (TPSA) is 111 Å². The van der Waals surface area contributed by atoms with Crippen molar-refractivity contribution in [3.63, 3.8) is 0 Å². The van der Waals surface area contributed by atoms with E-state index >= 15 is 0 Å². The first kappa shape index (κ1) is 20.8. The number of nitrogens with one attached hydrogen (secondary N) is 1. The van der Waals surface area contributed by atoms with Gasteiger partial charge < -0.3 is 21.5 Å². The van der Waals surface area contributed by atoms with Gasteiger partial charge in [-0.2, -0.15) is 0 Å². The van der Waals surface area contributed by atoms with Gasteiger partial charge in [0, 0.05) is 19.2 Å². The van der Waals surface area contributed by atoms with Crippen molar-refractivity contribution in [2.24, 2.45) is 5.73 Å². The van der Waals surface area contributed by atoms with Gasteiger partial charge in [-0.05, 0) is 31.2 Å². The first-order chi connectivity index (χ1) is 12.4. The van der Waals surface area contributed by atoms with Crippen molar-refractivity contribution in [2.75, 3.05) is 31.2 Å². The number of nitrogens with zero attached hydrogens (tertiary/aromatic N) is 1. The molecule has 0 radical (unpaired) electrons. The molecule has 5 N–H and O–H groups in total. The fraction of sp³-hybridized carbons (Fsp3) is 0.263. The van der Waals surface area contributed by atoms with Crippen LogP contribution in [0.2, 0.25) is 0 Å². The fourth-order valence-electron chi connectivity index (χ4n) is 2.19. The minimum absolute atomic E-state index is 0.0311. The van der Waals surface area contributed by atoms with Crippen molar-refractivity contribution in [1.82, 2.24) is 4.90 Å². The van der Waals surface area contributed by atoms with Gasteiger partial charge in [-0.25, -0.2) is 0 Å². The number of carbonyl (C=O) groups is 2. The van der Waals surface area contributed by atoms with Gasteiger partial charge >= 0.3 is 5.97 Å². The molecule has 0 aliphatic rings. The second kappa shape index (κ2) is 10.6. The zero-order valence-electron chi connectivity index (χ0n) is 15.2. The summed E-state index contributed by atoms with van der Waals surface area (Å²) in [5.41, 5.74) is 13.5. The molecule has 140 valence electrons. The van der Waals surface area contributed by atoms with Crippen molar-refractivity contribution >= 4 is 23.3 Å². The molecule has 0 aliphatic heterocycles. The average Bonchev–Trinajstić information content (AvgIpc) is 2.62. The Morgan fingerprint density at radius 1 is 1.35 bits per heavy atom. The highest BCUT2D eigenvalue weighted by atomic mass is 16.5. The molecule has 7 heteroatoms. The molecule has 1 aromatic rings. The summed E-state index contributed by atoms with van der Waals surface area (Å²) in [5.74, 6) is -0.553. The number of carbonyl (C=O) groups excluding carboxylic acids is 2. The van der Waals surface area contributed by atoms with Crippen LogP contribution >= 0.6 is 0 Å². The zero-order chi connectivity index (χ0) is 19.5. The lowest BCUT2D eigenvalue weighted by atomic mass is 10.1. The van der Waals surface area contributed by atoms with Crippen LogP contribution in [0.1, 0.15) is 23.7 Å². The maximum absolute atomic E-state index is 12.9. The molecule has 7 nitrogen and oxygen atoms in total. The molecule has 1 aromatic carbocycles. The van der Waals surface area contributed by atoms with E-state index in [4.69, 9.17) is 16.2 Å². The lowest BCUT2D eigenvalue weighted by Crippen LogP contribution is -2.36. The van der Waals surface area contributed by atoms with Gasteiger partial charge in [0.15, 0.2) is 0 Å². The van der Waals surface area contributed by atoms with Crippen molar-refractivity contribution in [3.05, 3.63) is 60.5 Å². The Hall–Kier alpha value is -3.22. The summed E-state index contributed by atoms with van der Waals surface area (Å²) in [7, 11) is 1.74. The number of nitrogens with two attached hydrogens (primary N) is 2. The van der Waals surface area contributed by atoms with E-state index < -0.39 is 5.97 Å². The van der Waals surface area contributed by atoms with Crippen LogP contribution < -0.4 is 16.8 Å². The molecule has 0 aromatic heterocycles. The van der Waals surface area contributed by atoms with Crippen molar-refractivity contribution < 1.29 is 14.3 Å². The highest BCUT2D eigenvalue weighted by Crippen LogP contribution is 2.21. The van der Waals surface area contributed by atoms with E-state index in [0.717, 1.165) is 5.69 Å². The number of benzene rings is 1. The minimum atomic E-state index is -0.398. The molecule has 0 fully saturated rings. The molecular formula is C19H26N4O3. The van der Waals surface area contributed by atoms with Crippen LogP contribution in [-0.2, 0) is 9.53 Å². The summed E-state index contributed by atoms with van der Waals surface area (Å²) >= 11 is 0. The molecule has 0 atom stereocenters. The Morgan fingerprint density at radius 2 is 2.08 bits per heavy atom. The Morgan fingerprint density at radius 3 is 2.65 bits per heavy atom. The zero-order valence-corrected chi connectivity index (χ0v) is 15.2. The Kier molecular flexibility index (Phi) is 8.49. The van der Waals surface area contributed by atoms with Crippen molar-refractivity contribution in [2.45, 2.75) is 13.3 Å². The number of anilines is 2. The SMILES string of the molecule is C=C/C=C\C=C(/N)N(CCC(=O)OCC)C(=O)c1ccc(NC)c(N)c1. The van der Waals surface area contributed by atoms with Crippen LogP contribution in [0.4, 0.5) is 11.4 Å². The number of hydrogen-bond donors (Lipinski definition) is 3. The Labute approximate surface area is 154 Å². The molecule has 1 amide bonds. The van der Waals surface area contributed by atoms with E-state index in [1.807, 2.05) is 0 Å². The van der Waals surface area contributed by atoms with Crippen LogP contribution in [0, 0.1) is 0 Å². The standard InChI is InChI=1S/C19H26N4O3/c1-4-6-7-8-17(21)23(12-11-18(24)26-5-2)19(25)14-9-10-16(22-3)15(20)13-14/h4,6-10,13,22H,1,5,11-12,20-21H2,2-3H3/b7-6-,17-8+. The number of amides is 1. The van der Waals surface area contributed by atoms with E-state index in [9.17, 15) is 9.59 Å². The third kappa shape index (κ3) is 6.01. The molecule has 0 unspecified atom stereocenters. The monoisotopic (exact) mass is 358 g/mol. The minimum Gasteiger partial charge on any atom is -0.466 e. The average molecular weight is 358 g/mol. The molecule has 0 spiro atoms. The van der Waals surface area contributed by atoms with Gasteiger partial charge in [0.2, 0.25) is 0 Å². The van der Waals surface area contributed by atoms with Gasteiger partial charge in [-0.1, -0.05) is 24.8 Å². The third-order valence-corrected chi connectivity index (χ3v) is 3.48. The maximum Gasteiger partial charge on any atom is 0.307 e. The molecule has 26 heavy (non-hydrogen) atoms. The van der Waals surface area contributed by atoms with Gasteiger partial charge in [-0.15, -0.1) is 0 Å². The second-order valence-corrected chi connectivity index (χ2v) is 5.28. The number of rotatable bonds is 9. The number of allylic oxidation sites excluding steroid dienone is 4. The highest BCUT2D eigenvalue weighted by molar-refractivity contribution is 5.97. The highest BCUT2D eigenvalue weighted by Gasteiger charge is 2.20. The van der Waals surface area contributed by atoms with Crippen LogP contribution in [0.15, 0.2) is 54.9 Å². The van der Waals surface area contributed by atoms with Gasteiger partial charge in [0.25, 0.3) is 5.91 Å². The number of hydrogen-bond acceptors (Lipinski definition) is 6. The molecular weight excluding hydrogens is 332 g/mol. The lowest BCUT2D eigenvalue weighted by Gasteiger charge is -2.23. The molecule has 0 saturated heterocycles. The van der Waals surface area contributed by atoms with Crippen LogP contribution in [0.3, 0.4) is 0 Å². The van der Waals surface area contributed by atoms with Crippen LogP contribution in [0.25, 0.3) is 0 Å². The molecule has 0 bridgehead atoms. The van der Waals surface area contributed by atoms with E-state index in [1.165, 1.54) is 4.90 Å². The quantitative estimate of drug-likeness (QED) is 0.355. The van der Waals surface area contributed by atoms with Gasteiger partial charge in [-0.3, -0.25) is 14.5 Å². The smallest absolute Gasteiger partial charge is 0.307 e. The maximum atomic E-state index is 12.9. The fourth-order valence-corrected chi connectivity index (χ4v) is 2.19. The largest absolute Gasteiger partial charge is 0.466 e. The van der Waals surface area contributed by atoms with E-state index in [-0.39, 0.29) is 31.3 Å². The van der Waals surface area contributed by atoms with Crippen LogP contribution in [0.5, 0.6) is 0 Å². The predicted octanol–water partition coefficient (Wildman–Crippen LogP) is 2.25. The van der Waals surface area contributed by atoms with Gasteiger partial charge in [0.1, 0.15) is 5.82 Å². The third-order valence-electron chi connectivity index (χ3n) is 3.48. The summed E-state index contributed by atoms with van der Waals surface area (Å²) in [4.78, 5) is 25.8. The van der Waals surface area contributed by atoms with Gasteiger partial charge in [0.05, 0.1) is 24.4 Å². The van der Waals surface area contributed by atoms with Crippen LogP contribution in [-0.4, -0.2) is 37.0 Å². The normalized spacial score (nSPS) is 11.2. The van der Waals surface area contributed by atoms with Crippen molar-refractivity contribution in [3.8, 4) is 0 Å². The molecule has 1 rings (SSSR count). The summed E-state index contributed by atoms with van der Waals surface area (Å²) < 4.78 is 4.91. The molecule has 0 aliphatic carbocycles. The predicted molar refractivity (Wildman–Crippen MR) is 104 cm³/mol. The first-order valence-electron chi connectivity index (χ1n) is 8.24. The summed E-state index contributed by atoms with van der Waals surface area (Å²) in [6.07, 6.45) is 6.52. The van der Waals surface area contributed by atoms with Crippen molar-refractivity contribution in [1.29, 1.82) is 0 Å². The summed E-state index contributed by atoms with van der Waals surface area (Å²) in [6, 6.07) is 4.93. The van der Waals surface area contributed by atoms with E-state index in [2.05, 4.69) is 11.9 Å². The number of esters is 1. The number of nitrogen functional groups attached to an aromatic ring is 1. The summed E-state index contributed by atoms with van der Waals surface area (Å²) in [6.45, 7) is 5.67. The number of ether oxygens (including phenoxy) is 1. The molecule has 0 saturated carbocycles. The lowest BCUT2D eigenvalue weighted by molar-refractivity contribution is -0.143. The molecule has 0 heterocycles. The summed E-state index contributed by atoms with van der Waals surface area (Å²) in [5, 5.41) is 2.94. The Balaban J connectivity index is 3.08. The first-order valence-corrected chi connectivity index (χ1v) is 8.24. The Bertz CT molecular complexity index is 711. The van der Waals surface area contributed by atoms with E-state index in [1.54, 1.807) is 56.5 Å². The second-order valence-electron chi connectivity index (χ2n) is 5.28. The van der Waals surface area contributed by atoms with E-state index in [0.29, 0.717) is 11.3 Å².